The lowest BCUT2D eigenvalue weighted by molar-refractivity contribution is -0.116. The van der Waals surface area contributed by atoms with Gasteiger partial charge in [-0.3, -0.25) is 9.59 Å². The van der Waals surface area contributed by atoms with Crippen molar-refractivity contribution in [2.45, 2.75) is 23.2 Å². The van der Waals surface area contributed by atoms with Crippen LogP contribution in [-0.4, -0.2) is 28.7 Å². The molecular weight excluding hydrogens is 414 g/mol. The van der Waals surface area contributed by atoms with Gasteiger partial charge in [0.05, 0.1) is 5.56 Å². The van der Waals surface area contributed by atoms with Crippen molar-refractivity contribution in [2.75, 3.05) is 18.5 Å². The van der Waals surface area contributed by atoms with Gasteiger partial charge in [0.15, 0.2) is 16.7 Å². The average molecular weight is 436 g/mol. The number of thioether (sulfide) groups is 1. The lowest BCUT2D eigenvalue weighted by atomic mass is 9.86. The molecule has 0 radical (unpaired) electrons. The molecule has 0 unspecified atom stereocenters. The molecule has 0 fully saturated rings. The van der Waals surface area contributed by atoms with Gasteiger partial charge in [0.1, 0.15) is 19.0 Å². The molecule has 7 nitrogen and oxygen atoms in total. The Balaban J connectivity index is 1.52. The number of carbonyl (C=O) groups is 1. The molecule has 158 valence electrons. The highest BCUT2D eigenvalue weighted by atomic mass is 32.2. The first-order valence-electron chi connectivity index (χ1n) is 10.1. The molecule has 0 saturated heterocycles. The maximum Gasteiger partial charge on any atom is 0.279 e. The Bertz CT molecular complexity index is 1210. The Kier molecular flexibility index (Phi) is 5.15. The third kappa shape index (κ3) is 3.79. The summed E-state index contributed by atoms with van der Waals surface area (Å²) in [6, 6.07) is 15.6. The molecule has 2 aliphatic rings. The van der Waals surface area contributed by atoms with E-state index in [1.165, 1.54) is 11.8 Å². The van der Waals surface area contributed by atoms with Crippen LogP contribution < -0.4 is 20.3 Å². The van der Waals surface area contributed by atoms with E-state index in [2.05, 4.69) is 10.3 Å². The normalized spacial score (nSPS) is 17.1. The average Bonchev–Trinajstić information content (AvgIpc) is 2.80. The van der Waals surface area contributed by atoms with Crippen molar-refractivity contribution in [1.29, 1.82) is 0 Å². The monoisotopic (exact) mass is 435 g/mol. The zero-order valence-electron chi connectivity index (χ0n) is 17.0. The van der Waals surface area contributed by atoms with E-state index in [-0.39, 0.29) is 23.8 Å². The van der Waals surface area contributed by atoms with Crippen molar-refractivity contribution >= 4 is 23.5 Å². The van der Waals surface area contributed by atoms with Gasteiger partial charge in [-0.15, -0.1) is 0 Å². The quantitative estimate of drug-likeness (QED) is 0.500. The van der Waals surface area contributed by atoms with Crippen LogP contribution >= 0.6 is 11.8 Å². The molecular formula is C23H21N3O4S. The molecule has 5 rings (SSSR count). The number of hydrogen-bond donors (Lipinski definition) is 1. The molecule has 2 aromatic carbocycles. The Morgan fingerprint density at radius 1 is 1.10 bits per heavy atom. The fraction of sp³-hybridized carbons (Fsp3) is 0.261. The smallest absolute Gasteiger partial charge is 0.279 e. The number of aromatic nitrogens is 2. The number of benzene rings is 2. The summed E-state index contributed by atoms with van der Waals surface area (Å²) in [7, 11) is 1.82. The summed E-state index contributed by atoms with van der Waals surface area (Å²) in [6.07, 6.45) is 0.181. The van der Waals surface area contributed by atoms with Gasteiger partial charge in [0.2, 0.25) is 5.91 Å². The van der Waals surface area contributed by atoms with Gasteiger partial charge in [0, 0.05) is 25.1 Å². The zero-order chi connectivity index (χ0) is 21.4. The van der Waals surface area contributed by atoms with Crippen molar-refractivity contribution in [3.05, 3.63) is 75.6 Å². The number of ether oxygens (including phenoxy) is 2. The number of amides is 1. The minimum absolute atomic E-state index is 0.132. The Morgan fingerprint density at radius 2 is 1.87 bits per heavy atom. The molecule has 2 aliphatic heterocycles. The standard InChI is InChI=1S/C23H21N3O4S/c1-26-21-20(22(28)25-23(26)31-13-14-5-3-2-4-6-14)16(12-19(27)24-21)15-7-8-17-18(11-15)30-10-9-29-17/h2-8,11,16H,9-10,12-13H2,1H3,(H,24,27)/t16-/m0/s1. The van der Waals surface area contributed by atoms with Gasteiger partial charge >= 0.3 is 0 Å². The highest BCUT2D eigenvalue weighted by Gasteiger charge is 2.32. The summed E-state index contributed by atoms with van der Waals surface area (Å²) in [6.45, 7) is 0.985. The van der Waals surface area contributed by atoms with Gasteiger partial charge in [-0.25, -0.2) is 0 Å². The highest BCUT2D eigenvalue weighted by molar-refractivity contribution is 7.98. The Labute approximate surface area is 183 Å². The summed E-state index contributed by atoms with van der Waals surface area (Å²) in [5, 5.41) is 3.45. The predicted octanol–water partition coefficient (Wildman–Crippen LogP) is 3.32. The van der Waals surface area contributed by atoms with Gasteiger partial charge in [0.25, 0.3) is 5.56 Å². The van der Waals surface area contributed by atoms with Gasteiger partial charge < -0.3 is 19.4 Å². The van der Waals surface area contributed by atoms with E-state index in [1.807, 2.05) is 55.6 Å². The molecule has 1 atom stereocenters. The second kappa shape index (κ2) is 8.11. The van der Waals surface area contributed by atoms with Crippen LogP contribution in [0.3, 0.4) is 0 Å². The third-order valence-corrected chi connectivity index (χ3v) is 6.58. The fourth-order valence-corrected chi connectivity index (χ4v) is 4.87. The largest absolute Gasteiger partial charge is 0.486 e. The lowest BCUT2D eigenvalue weighted by Gasteiger charge is -2.28. The lowest BCUT2D eigenvalue weighted by Crippen LogP contribution is -2.33. The maximum absolute atomic E-state index is 13.1. The zero-order valence-corrected chi connectivity index (χ0v) is 17.8. The van der Waals surface area contributed by atoms with Crippen LogP contribution in [-0.2, 0) is 17.6 Å². The summed E-state index contributed by atoms with van der Waals surface area (Å²) < 4.78 is 13.1. The van der Waals surface area contributed by atoms with Crippen LogP contribution in [0.5, 0.6) is 11.5 Å². The van der Waals surface area contributed by atoms with Crippen LogP contribution in [0.15, 0.2) is 58.5 Å². The molecule has 31 heavy (non-hydrogen) atoms. The second-order valence-electron chi connectivity index (χ2n) is 7.50. The van der Waals surface area contributed by atoms with E-state index in [9.17, 15) is 9.59 Å². The van der Waals surface area contributed by atoms with E-state index in [0.717, 1.165) is 11.1 Å². The minimum Gasteiger partial charge on any atom is -0.486 e. The van der Waals surface area contributed by atoms with Crippen molar-refractivity contribution in [3.63, 3.8) is 0 Å². The fourth-order valence-electron chi connectivity index (χ4n) is 3.95. The summed E-state index contributed by atoms with van der Waals surface area (Å²) in [4.78, 5) is 30.0. The number of nitrogens with zero attached hydrogens (tertiary/aromatic N) is 2. The number of nitrogens with one attached hydrogen (secondary N) is 1. The third-order valence-electron chi connectivity index (χ3n) is 5.48. The minimum atomic E-state index is -0.390. The molecule has 3 heterocycles. The van der Waals surface area contributed by atoms with Gasteiger partial charge in [-0.05, 0) is 23.3 Å². The maximum atomic E-state index is 13.1. The summed E-state index contributed by atoms with van der Waals surface area (Å²) >= 11 is 1.47. The van der Waals surface area contributed by atoms with Crippen molar-refractivity contribution in [1.82, 2.24) is 9.55 Å². The van der Waals surface area contributed by atoms with Crippen molar-refractivity contribution in [3.8, 4) is 11.5 Å². The number of rotatable bonds is 4. The molecule has 1 aromatic heterocycles. The van der Waals surface area contributed by atoms with E-state index < -0.39 is 0 Å². The van der Waals surface area contributed by atoms with Crippen LogP contribution in [0.1, 0.15) is 29.0 Å². The van der Waals surface area contributed by atoms with E-state index in [4.69, 9.17) is 9.47 Å². The molecule has 1 N–H and O–H groups in total. The van der Waals surface area contributed by atoms with Crippen molar-refractivity contribution < 1.29 is 14.3 Å². The second-order valence-corrected chi connectivity index (χ2v) is 8.45. The Morgan fingerprint density at radius 3 is 2.68 bits per heavy atom. The van der Waals surface area contributed by atoms with Gasteiger partial charge in [-0.2, -0.15) is 4.98 Å². The van der Waals surface area contributed by atoms with Crippen LogP contribution in [0.25, 0.3) is 0 Å². The Hall–Kier alpha value is -3.26. The molecule has 8 heteroatoms. The first kappa shape index (κ1) is 19.7. The van der Waals surface area contributed by atoms with Gasteiger partial charge in [-0.1, -0.05) is 48.2 Å². The van der Waals surface area contributed by atoms with E-state index in [0.29, 0.717) is 47.0 Å². The van der Waals surface area contributed by atoms with Crippen LogP contribution in [0, 0.1) is 0 Å². The van der Waals surface area contributed by atoms with Crippen molar-refractivity contribution in [2.24, 2.45) is 7.05 Å². The molecule has 3 aromatic rings. The first-order chi connectivity index (χ1) is 15.1. The molecule has 0 bridgehead atoms. The predicted molar refractivity (Wildman–Crippen MR) is 118 cm³/mol. The number of carbonyl (C=O) groups excluding carboxylic acids is 1. The first-order valence-corrected chi connectivity index (χ1v) is 11.1. The van der Waals surface area contributed by atoms with E-state index >= 15 is 0 Å². The number of anilines is 1. The molecule has 0 aliphatic carbocycles. The molecule has 0 spiro atoms. The highest BCUT2D eigenvalue weighted by Crippen LogP contribution is 2.40. The number of fused-ring (bicyclic) bond motifs is 2. The SMILES string of the molecule is Cn1c(SCc2ccccc2)nc(=O)c2c1NC(=O)C[C@H]2c1ccc2c(c1)OCCO2. The number of hydrogen-bond acceptors (Lipinski definition) is 6. The van der Waals surface area contributed by atoms with Crippen LogP contribution in [0.4, 0.5) is 5.82 Å². The van der Waals surface area contributed by atoms with E-state index in [1.54, 1.807) is 4.57 Å². The van der Waals surface area contributed by atoms with Crippen LogP contribution in [0.2, 0.25) is 0 Å². The summed E-state index contributed by atoms with van der Waals surface area (Å²) in [5.41, 5.74) is 2.16. The molecule has 1 amide bonds. The summed E-state index contributed by atoms with van der Waals surface area (Å²) in [5.74, 6) is 1.97. The molecule has 0 saturated carbocycles. The topological polar surface area (TPSA) is 82.5 Å².